The molecule has 0 bridgehead atoms. The molecule has 0 amide bonds. The summed E-state index contributed by atoms with van der Waals surface area (Å²) in [6.45, 7) is 4.45. The van der Waals surface area contributed by atoms with E-state index in [9.17, 15) is 0 Å². The normalized spacial score (nSPS) is 11.4. The minimum Gasteiger partial charge on any atom is -0.357 e. The average molecular weight is 319 g/mol. The first-order valence-corrected chi connectivity index (χ1v) is 9.09. The van der Waals surface area contributed by atoms with Crippen LogP contribution >= 0.6 is 23.1 Å². The Morgan fingerprint density at radius 3 is 2.62 bits per heavy atom. The van der Waals surface area contributed by atoms with Crippen molar-refractivity contribution < 1.29 is 0 Å². The summed E-state index contributed by atoms with van der Waals surface area (Å²) >= 11 is 3.51. The molecule has 0 unspecified atom stereocenters. The van der Waals surface area contributed by atoms with Crippen LogP contribution in [0.2, 0.25) is 0 Å². The number of nitrogens with one attached hydrogen (secondary N) is 2. The van der Waals surface area contributed by atoms with Gasteiger partial charge in [0.1, 0.15) is 0 Å². The molecule has 0 spiro atoms. The monoisotopic (exact) mass is 319 g/mol. The maximum absolute atomic E-state index is 4.63. The molecule has 3 nitrogen and oxygen atoms in total. The van der Waals surface area contributed by atoms with E-state index in [0.717, 1.165) is 19.0 Å². The highest BCUT2D eigenvalue weighted by molar-refractivity contribution is 7.98. The van der Waals surface area contributed by atoms with Gasteiger partial charge in [-0.2, -0.15) is 0 Å². The Kier molecular flexibility index (Phi) is 6.63. The lowest BCUT2D eigenvalue weighted by Gasteiger charge is -2.10. The van der Waals surface area contributed by atoms with E-state index in [1.165, 1.54) is 15.3 Å². The molecule has 2 aromatic rings. The van der Waals surface area contributed by atoms with Crippen LogP contribution in [-0.4, -0.2) is 18.8 Å². The number of thioether (sulfide) groups is 1. The Balaban J connectivity index is 1.92. The molecule has 0 fully saturated rings. The van der Waals surface area contributed by atoms with Crippen LogP contribution in [0.1, 0.15) is 17.4 Å². The van der Waals surface area contributed by atoms with Gasteiger partial charge in [0.15, 0.2) is 5.96 Å². The molecule has 21 heavy (non-hydrogen) atoms. The summed E-state index contributed by atoms with van der Waals surface area (Å²) in [6, 6.07) is 12.8. The summed E-state index contributed by atoms with van der Waals surface area (Å²) < 4.78 is 0. The Morgan fingerprint density at radius 1 is 1.19 bits per heavy atom. The highest BCUT2D eigenvalue weighted by atomic mass is 32.2. The second-order valence-electron chi connectivity index (χ2n) is 4.48. The van der Waals surface area contributed by atoms with E-state index in [0.29, 0.717) is 6.54 Å². The first kappa shape index (κ1) is 15.9. The number of rotatable bonds is 6. The summed E-state index contributed by atoms with van der Waals surface area (Å²) in [5.74, 6) is 0.861. The first-order valence-electron chi connectivity index (χ1n) is 6.99. The average Bonchev–Trinajstić information content (AvgIpc) is 3.04. The molecule has 112 valence electrons. The molecule has 0 aliphatic carbocycles. The number of aliphatic imine (C=N–C) groups is 1. The lowest BCUT2D eigenvalue weighted by Crippen LogP contribution is -2.36. The number of guanidine groups is 1. The lowest BCUT2D eigenvalue weighted by atomic mass is 10.2. The lowest BCUT2D eigenvalue weighted by molar-refractivity contribution is 0.823. The van der Waals surface area contributed by atoms with Gasteiger partial charge in [0, 0.05) is 16.3 Å². The molecule has 1 aromatic heterocycles. The molecule has 2 N–H and O–H groups in total. The fourth-order valence-corrected chi connectivity index (χ4v) is 2.88. The van der Waals surface area contributed by atoms with Gasteiger partial charge < -0.3 is 10.6 Å². The van der Waals surface area contributed by atoms with Gasteiger partial charge in [0.05, 0.1) is 13.1 Å². The van der Waals surface area contributed by atoms with Crippen molar-refractivity contribution in [2.45, 2.75) is 24.9 Å². The second kappa shape index (κ2) is 8.74. The Bertz CT molecular complexity index is 547. The topological polar surface area (TPSA) is 36.4 Å². The van der Waals surface area contributed by atoms with Crippen LogP contribution in [0.5, 0.6) is 0 Å². The highest BCUT2D eigenvalue weighted by Crippen LogP contribution is 2.15. The number of hydrogen-bond acceptors (Lipinski definition) is 3. The van der Waals surface area contributed by atoms with Crippen molar-refractivity contribution in [3.8, 4) is 0 Å². The molecule has 0 saturated carbocycles. The molecule has 0 atom stereocenters. The van der Waals surface area contributed by atoms with E-state index in [4.69, 9.17) is 0 Å². The molecular formula is C16H21N3S2. The molecule has 0 radical (unpaired) electrons. The largest absolute Gasteiger partial charge is 0.357 e. The van der Waals surface area contributed by atoms with E-state index >= 15 is 0 Å². The van der Waals surface area contributed by atoms with Crippen LogP contribution in [-0.2, 0) is 13.1 Å². The van der Waals surface area contributed by atoms with Crippen molar-refractivity contribution in [1.82, 2.24) is 10.6 Å². The third kappa shape index (κ3) is 5.44. The van der Waals surface area contributed by atoms with Gasteiger partial charge in [-0.15, -0.1) is 23.1 Å². The number of hydrogen-bond donors (Lipinski definition) is 2. The fraction of sp³-hybridized carbons (Fsp3) is 0.312. The smallest absolute Gasteiger partial charge is 0.191 e. The first-order chi connectivity index (χ1) is 10.3. The van der Waals surface area contributed by atoms with Gasteiger partial charge >= 0.3 is 0 Å². The zero-order chi connectivity index (χ0) is 14.9. The standard InChI is InChI=1S/C16H21N3S2/c1-3-17-16(19-12-15-5-4-10-21-15)18-11-13-6-8-14(20-2)9-7-13/h4-10H,3,11-12H2,1-2H3,(H2,17,18,19). The molecule has 2 rings (SSSR count). The maximum atomic E-state index is 4.63. The summed E-state index contributed by atoms with van der Waals surface area (Å²) in [7, 11) is 0. The third-order valence-electron chi connectivity index (χ3n) is 2.93. The van der Waals surface area contributed by atoms with Gasteiger partial charge in [0.25, 0.3) is 0 Å². The molecule has 0 aliphatic heterocycles. The Morgan fingerprint density at radius 2 is 2.00 bits per heavy atom. The van der Waals surface area contributed by atoms with E-state index in [1.54, 1.807) is 23.1 Å². The van der Waals surface area contributed by atoms with Crippen molar-refractivity contribution in [2.75, 3.05) is 12.8 Å². The van der Waals surface area contributed by atoms with E-state index in [-0.39, 0.29) is 0 Å². The van der Waals surface area contributed by atoms with Gasteiger partial charge in [-0.3, -0.25) is 0 Å². The van der Waals surface area contributed by atoms with Gasteiger partial charge in [-0.1, -0.05) is 18.2 Å². The quantitative estimate of drug-likeness (QED) is 0.484. The van der Waals surface area contributed by atoms with Crippen LogP contribution < -0.4 is 10.6 Å². The van der Waals surface area contributed by atoms with Gasteiger partial charge in [0.2, 0.25) is 0 Å². The van der Waals surface area contributed by atoms with Crippen LogP contribution in [0.25, 0.3) is 0 Å². The van der Waals surface area contributed by atoms with Crippen LogP contribution in [0.3, 0.4) is 0 Å². The minimum atomic E-state index is 0.689. The molecule has 0 aliphatic rings. The van der Waals surface area contributed by atoms with E-state index < -0.39 is 0 Å². The summed E-state index contributed by atoms with van der Waals surface area (Å²) in [6.07, 6.45) is 2.09. The van der Waals surface area contributed by atoms with Gasteiger partial charge in [-0.25, -0.2) is 4.99 Å². The van der Waals surface area contributed by atoms with Crippen molar-refractivity contribution in [3.05, 3.63) is 52.2 Å². The zero-order valence-corrected chi connectivity index (χ0v) is 14.1. The molecule has 1 aromatic carbocycles. The van der Waals surface area contributed by atoms with E-state index in [2.05, 4.69) is 70.6 Å². The molecule has 1 heterocycles. The highest BCUT2D eigenvalue weighted by Gasteiger charge is 1.99. The second-order valence-corrected chi connectivity index (χ2v) is 6.39. The number of benzene rings is 1. The van der Waals surface area contributed by atoms with Crippen LogP contribution in [0.4, 0.5) is 0 Å². The molecular weight excluding hydrogens is 298 g/mol. The van der Waals surface area contributed by atoms with Crippen LogP contribution in [0, 0.1) is 0 Å². The van der Waals surface area contributed by atoms with Crippen molar-refractivity contribution in [3.63, 3.8) is 0 Å². The summed E-state index contributed by atoms with van der Waals surface area (Å²) in [5, 5.41) is 8.73. The van der Waals surface area contributed by atoms with E-state index in [1.807, 2.05) is 0 Å². The van der Waals surface area contributed by atoms with Crippen molar-refractivity contribution in [1.29, 1.82) is 0 Å². The molecule has 0 saturated heterocycles. The zero-order valence-electron chi connectivity index (χ0n) is 12.4. The van der Waals surface area contributed by atoms with Crippen LogP contribution in [0.15, 0.2) is 51.7 Å². The van der Waals surface area contributed by atoms with Crippen molar-refractivity contribution in [2.24, 2.45) is 4.99 Å². The number of nitrogens with zero attached hydrogens (tertiary/aromatic N) is 1. The van der Waals surface area contributed by atoms with Crippen molar-refractivity contribution >= 4 is 29.1 Å². The SMILES string of the molecule is CCNC(=NCc1ccc(SC)cc1)NCc1cccs1. The predicted octanol–water partition coefficient (Wildman–Crippen LogP) is 3.73. The van der Waals surface area contributed by atoms with Gasteiger partial charge in [-0.05, 0) is 42.3 Å². The fourth-order valence-electron chi connectivity index (χ4n) is 1.83. The Hall–Kier alpha value is -1.46. The Labute approximate surface area is 134 Å². The number of thiophene rings is 1. The predicted molar refractivity (Wildman–Crippen MR) is 94.2 cm³/mol. The minimum absolute atomic E-state index is 0.689. The third-order valence-corrected chi connectivity index (χ3v) is 4.55. The molecule has 5 heteroatoms. The summed E-state index contributed by atoms with van der Waals surface area (Å²) in [5.41, 5.74) is 1.22. The maximum Gasteiger partial charge on any atom is 0.191 e. The summed E-state index contributed by atoms with van der Waals surface area (Å²) in [4.78, 5) is 7.22.